The fourth-order valence-electron chi connectivity index (χ4n) is 1.58. The quantitative estimate of drug-likeness (QED) is 0.783. The molecule has 1 heterocycles. The first kappa shape index (κ1) is 14.3. The molecule has 0 aliphatic rings. The standard InChI is InChI=1S/C12H12N4O2S2/c13-7-11-4-5-12(19-11)8-15-9-2-1-3-10(6-9)16-20(14,17)18/h1-6,15-16H,8H2,(H2,14,17,18). The maximum absolute atomic E-state index is 10.9. The normalized spacial score (nSPS) is 10.8. The van der Waals surface area contributed by atoms with Gasteiger partial charge in [-0.05, 0) is 30.3 Å². The molecule has 6 nitrogen and oxygen atoms in total. The third kappa shape index (κ3) is 4.24. The van der Waals surface area contributed by atoms with Crippen molar-refractivity contribution in [1.29, 1.82) is 5.26 Å². The van der Waals surface area contributed by atoms with Crippen molar-refractivity contribution in [3.05, 3.63) is 46.2 Å². The second-order valence-corrected chi connectivity index (χ2v) is 6.42. The number of benzene rings is 1. The van der Waals surface area contributed by atoms with E-state index < -0.39 is 10.2 Å². The third-order valence-electron chi connectivity index (χ3n) is 2.36. The van der Waals surface area contributed by atoms with Crippen LogP contribution in [0.25, 0.3) is 0 Å². The van der Waals surface area contributed by atoms with Gasteiger partial charge >= 0.3 is 0 Å². The Morgan fingerprint density at radius 1 is 1.25 bits per heavy atom. The van der Waals surface area contributed by atoms with Gasteiger partial charge in [0.25, 0.3) is 10.2 Å². The molecule has 0 saturated heterocycles. The summed E-state index contributed by atoms with van der Waals surface area (Å²) in [5.74, 6) is 0. The van der Waals surface area contributed by atoms with Crippen molar-refractivity contribution < 1.29 is 8.42 Å². The van der Waals surface area contributed by atoms with Crippen LogP contribution in [0.4, 0.5) is 11.4 Å². The van der Waals surface area contributed by atoms with E-state index in [1.165, 1.54) is 11.3 Å². The molecule has 8 heteroatoms. The molecular weight excluding hydrogens is 296 g/mol. The molecule has 1 aromatic carbocycles. The van der Waals surface area contributed by atoms with Crippen LogP contribution >= 0.6 is 11.3 Å². The lowest BCUT2D eigenvalue weighted by atomic mass is 10.3. The number of nitrogens with zero attached hydrogens (tertiary/aromatic N) is 1. The number of nitrogens with one attached hydrogen (secondary N) is 2. The van der Waals surface area contributed by atoms with E-state index in [1.807, 2.05) is 12.1 Å². The van der Waals surface area contributed by atoms with Crippen molar-refractivity contribution in [2.45, 2.75) is 6.54 Å². The zero-order chi connectivity index (χ0) is 14.6. The minimum absolute atomic E-state index is 0.390. The van der Waals surface area contributed by atoms with E-state index in [4.69, 9.17) is 10.4 Å². The molecule has 104 valence electrons. The lowest BCUT2D eigenvalue weighted by Crippen LogP contribution is -2.21. The van der Waals surface area contributed by atoms with E-state index >= 15 is 0 Å². The number of anilines is 2. The number of hydrogen-bond acceptors (Lipinski definition) is 5. The summed E-state index contributed by atoms with van der Waals surface area (Å²) in [5, 5.41) is 16.8. The maximum atomic E-state index is 10.9. The fraction of sp³-hybridized carbons (Fsp3) is 0.0833. The van der Waals surface area contributed by atoms with Crippen LogP contribution in [0.15, 0.2) is 36.4 Å². The minimum Gasteiger partial charge on any atom is -0.380 e. The van der Waals surface area contributed by atoms with Crippen molar-refractivity contribution in [2.75, 3.05) is 10.0 Å². The summed E-state index contributed by atoms with van der Waals surface area (Å²) in [5.41, 5.74) is 1.15. The SMILES string of the molecule is N#Cc1ccc(CNc2cccc(NS(N)(=O)=O)c2)s1. The molecule has 4 N–H and O–H groups in total. The number of rotatable bonds is 5. The maximum Gasteiger partial charge on any atom is 0.296 e. The van der Waals surface area contributed by atoms with Crippen LogP contribution in [0.3, 0.4) is 0 Å². The van der Waals surface area contributed by atoms with E-state index in [9.17, 15) is 8.42 Å². The Morgan fingerprint density at radius 2 is 2.00 bits per heavy atom. The molecule has 0 bridgehead atoms. The molecule has 0 unspecified atom stereocenters. The van der Waals surface area contributed by atoms with E-state index in [0.717, 1.165) is 10.6 Å². The summed E-state index contributed by atoms with van der Waals surface area (Å²) in [6.45, 7) is 0.561. The molecule has 20 heavy (non-hydrogen) atoms. The van der Waals surface area contributed by atoms with Crippen molar-refractivity contribution in [3.8, 4) is 6.07 Å². The highest BCUT2D eigenvalue weighted by Gasteiger charge is 2.03. The molecule has 1 aromatic heterocycles. The average molecular weight is 308 g/mol. The summed E-state index contributed by atoms with van der Waals surface area (Å²) < 4.78 is 24.1. The van der Waals surface area contributed by atoms with Gasteiger partial charge in [0, 0.05) is 17.1 Å². The zero-order valence-corrected chi connectivity index (χ0v) is 12.0. The van der Waals surface area contributed by atoms with Crippen molar-refractivity contribution >= 4 is 32.9 Å². The molecule has 0 aliphatic heterocycles. The van der Waals surface area contributed by atoms with Gasteiger partial charge in [0.1, 0.15) is 10.9 Å². The van der Waals surface area contributed by atoms with Crippen LogP contribution in [0, 0.1) is 11.3 Å². The van der Waals surface area contributed by atoms with Crippen LogP contribution in [0.1, 0.15) is 9.75 Å². The summed E-state index contributed by atoms with van der Waals surface area (Å²) in [6, 6.07) is 12.5. The van der Waals surface area contributed by atoms with Gasteiger partial charge in [-0.15, -0.1) is 11.3 Å². The van der Waals surface area contributed by atoms with Crippen LogP contribution in [0.2, 0.25) is 0 Å². The van der Waals surface area contributed by atoms with Gasteiger partial charge in [-0.3, -0.25) is 4.72 Å². The van der Waals surface area contributed by atoms with Crippen molar-refractivity contribution in [1.82, 2.24) is 0 Å². The van der Waals surface area contributed by atoms with Gasteiger partial charge in [0.2, 0.25) is 0 Å². The van der Waals surface area contributed by atoms with Crippen LogP contribution in [-0.2, 0) is 16.8 Å². The molecule has 0 atom stereocenters. The molecule has 0 radical (unpaired) electrons. The molecular formula is C12H12N4O2S2. The van der Waals surface area contributed by atoms with Gasteiger partial charge in [-0.1, -0.05) is 6.07 Å². The predicted molar refractivity (Wildman–Crippen MR) is 79.5 cm³/mol. The number of thiophene rings is 1. The highest BCUT2D eigenvalue weighted by atomic mass is 32.2. The number of nitrogens with two attached hydrogens (primary N) is 1. The lowest BCUT2D eigenvalue weighted by Gasteiger charge is -2.08. The van der Waals surface area contributed by atoms with E-state index in [1.54, 1.807) is 24.3 Å². The monoisotopic (exact) mass is 308 g/mol. The predicted octanol–water partition coefficient (Wildman–Crippen LogP) is 1.85. The van der Waals surface area contributed by atoms with E-state index in [2.05, 4.69) is 16.1 Å². The van der Waals surface area contributed by atoms with Crippen molar-refractivity contribution in [3.63, 3.8) is 0 Å². The third-order valence-corrected chi connectivity index (χ3v) is 3.87. The topological polar surface area (TPSA) is 108 Å². The van der Waals surface area contributed by atoms with Gasteiger partial charge in [0.05, 0.1) is 5.69 Å². The lowest BCUT2D eigenvalue weighted by molar-refractivity contribution is 0.603. The number of hydrogen-bond donors (Lipinski definition) is 3. The summed E-state index contributed by atoms with van der Waals surface area (Å²) in [4.78, 5) is 1.68. The molecule has 0 spiro atoms. The highest BCUT2D eigenvalue weighted by Crippen LogP contribution is 2.19. The fourth-order valence-corrected chi connectivity index (χ4v) is 2.78. The van der Waals surface area contributed by atoms with Crippen LogP contribution in [-0.4, -0.2) is 8.42 Å². The average Bonchev–Trinajstić information content (AvgIpc) is 2.83. The van der Waals surface area contributed by atoms with Gasteiger partial charge in [-0.25, -0.2) is 5.14 Å². The van der Waals surface area contributed by atoms with E-state index in [0.29, 0.717) is 17.1 Å². The van der Waals surface area contributed by atoms with Gasteiger partial charge in [0.15, 0.2) is 0 Å². The Hall–Kier alpha value is -2.08. The first-order chi connectivity index (χ1) is 9.46. The molecule has 2 rings (SSSR count). The zero-order valence-electron chi connectivity index (χ0n) is 10.3. The Balaban J connectivity index is 2.03. The Kier molecular flexibility index (Phi) is 4.24. The smallest absolute Gasteiger partial charge is 0.296 e. The molecule has 0 aliphatic carbocycles. The Morgan fingerprint density at radius 3 is 2.65 bits per heavy atom. The van der Waals surface area contributed by atoms with Crippen LogP contribution in [0.5, 0.6) is 0 Å². The molecule has 0 fully saturated rings. The van der Waals surface area contributed by atoms with Gasteiger partial charge in [-0.2, -0.15) is 13.7 Å². The summed E-state index contributed by atoms with van der Waals surface area (Å²) in [7, 11) is -3.77. The van der Waals surface area contributed by atoms with Crippen LogP contribution < -0.4 is 15.2 Å². The minimum atomic E-state index is -3.77. The first-order valence-corrected chi connectivity index (χ1v) is 7.96. The largest absolute Gasteiger partial charge is 0.380 e. The highest BCUT2D eigenvalue weighted by molar-refractivity contribution is 7.90. The second-order valence-electron chi connectivity index (χ2n) is 3.96. The molecule has 0 amide bonds. The summed E-state index contributed by atoms with van der Waals surface area (Å²) >= 11 is 1.41. The molecule has 0 saturated carbocycles. The number of nitriles is 1. The van der Waals surface area contributed by atoms with E-state index in [-0.39, 0.29) is 0 Å². The Bertz CT molecular complexity index is 747. The summed E-state index contributed by atoms with van der Waals surface area (Å²) in [6.07, 6.45) is 0. The first-order valence-electron chi connectivity index (χ1n) is 5.59. The van der Waals surface area contributed by atoms with Gasteiger partial charge < -0.3 is 5.32 Å². The second kappa shape index (κ2) is 5.92. The molecule has 2 aromatic rings. The van der Waals surface area contributed by atoms with Crippen molar-refractivity contribution in [2.24, 2.45) is 5.14 Å². The Labute approximate surface area is 121 Å².